The summed E-state index contributed by atoms with van der Waals surface area (Å²) in [4.78, 5) is 1.35. The van der Waals surface area contributed by atoms with Gasteiger partial charge < -0.3 is 0 Å². The molecular formula is C12H17ClS. The molecule has 0 radical (unpaired) electrons. The van der Waals surface area contributed by atoms with Crippen LogP contribution < -0.4 is 0 Å². The SMILES string of the molecule is CCC(C)CSc1ccc(CCl)cc1. The molecule has 0 amide bonds. The van der Waals surface area contributed by atoms with Crippen LogP contribution in [0.1, 0.15) is 25.8 Å². The Morgan fingerprint density at radius 2 is 1.93 bits per heavy atom. The zero-order valence-electron chi connectivity index (χ0n) is 8.79. The topological polar surface area (TPSA) is 0 Å². The predicted molar refractivity (Wildman–Crippen MR) is 66.2 cm³/mol. The first-order chi connectivity index (χ1) is 6.76. The molecule has 0 bridgehead atoms. The Hall–Kier alpha value is -0.140. The third-order valence-electron chi connectivity index (χ3n) is 2.31. The van der Waals surface area contributed by atoms with Gasteiger partial charge in [0.05, 0.1) is 0 Å². The smallest absolute Gasteiger partial charge is 0.0474 e. The van der Waals surface area contributed by atoms with E-state index in [0.29, 0.717) is 5.88 Å². The molecule has 0 spiro atoms. The van der Waals surface area contributed by atoms with Crippen molar-refractivity contribution in [2.24, 2.45) is 5.92 Å². The van der Waals surface area contributed by atoms with Crippen molar-refractivity contribution >= 4 is 23.4 Å². The zero-order valence-corrected chi connectivity index (χ0v) is 10.4. The minimum Gasteiger partial charge on any atom is -0.126 e. The van der Waals surface area contributed by atoms with E-state index in [9.17, 15) is 0 Å². The maximum Gasteiger partial charge on any atom is 0.0474 e. The molecule has 0 heterocycles. The van der Waals surface area contributed by atoms with Gasteiger partial charge >= 0.3 is 0 Å². The second kappa shape index (κ2) is 6.36. The van der Waals surface area contributed by atoms with E-state index < -0.39 is 0 Å². The van der Waals surface area contributed by atoms with Gasteiger partial charge in [0.2, 0.25) is 0 Å². The number of hydrogen-bond acceptors (Lipinski definition) is 1. The summed E-state index contributed by atoms with van der Waals surface area (Å²) < 4.78 is 0. The van der Waals surface area contributed by atoms with E-state index in [1.165, 1.54) is 22.6 Å². The monoisotopic (exact) mass is 228 g/mol. The molecule has 0 aliphatic rings. The van der Waals surface area contributed by atoms with Gasteiger partial charge in [-0.3, -0.25) is 0 Å². The highest BCUT2D eigenvalue weighted by molar-refractivity contribution is 7.99. The van der Waals surface area contributed by atoms with Gasteiger partial charge in [0.25, 0.3) is 0 Å². The maximum absolute atomic E-state index is 5.72. The van der Waals surface area contributed by atoms with E-state index in [1.807, 2.05) is 11.8 Å². The third kappa shape index (κ3) is 3.93. The van der Waals surface area contributed by atoms with Gasteiger partial charge in [-0.25, -0.2) is 0 Å². The van der Waals surface area contributed by atoms with Gasteiger partial charge in [0.1, 0.15) is 0 Å². The molecule has 14 heavy (non-hydrogen) atoms. The van der Waals surface area contributed by atoms with E-state index in [2.05, 4.69) is 38.1 Å². The Bertz CT molecular complexity index is 256. The van der Waals surface area contributed by atoms with Crippen LogP contribution in [-0.2, 0) is 5.88 Å². The molecule has 0 aliphatic carbocycles. The summed E-state index contributed by atoms with van der Waals surface area (Å²) in [5.41, 5.74) is 1.19. The summed E-state index contributed by atoms with van der Waals surface area (Å²) in [5.74, 6) is 2.61. The number of alkyl halides is 1. The summed E-state index contributed by atoms with van der Waals surface area (Å²) in [7, 11) is 0. The fourth-order valence-corrected chi connectivity index (χ4v) is 2.25. The molecule has 0 aromatic heterocycles. The lowest BCUT2D eigenvalue weighted by atomic mass is 10.2. The Morgan fingerprint density at radius 3 is 2.43 bits per heavy atom. The normalized spacial score (nSPS) is 12.8. The fraction of sp³-hybridized carbons (Fsp3) is 0.500. The van der Waals surface area contributed by atoms with Crippen molar-refractivity contribution < 1.29 is 0 Å². The van der Waals surface area contributed by atoms with Crippen molar-refractivity contribution in [1.82, 2.24) is 0 Å². The molecule has 1 rings (SSSR count). The summed E-state index contributed by atoms with van der Waals surface area (Å²) in [6, 6.07) is 8.52. The van der Waals surface area contributed by atoms with Crippen LogP contribution in [0.4, 0.5) is 0 Å². The molecule has 0 nitrogen and oxygen atoms in total. The largest absolute Gasteiger partial charge is 0.126 e. The van der Waals surface area contributed by atoms with Crippen molar-refractivity contribution in [3.05, 3.63) is 29.8 Å². The highest BCUT2D eigenvalue weighted by Crippen LogP contribution is 2.22. The van der Waals surface area contributed by atoms with Crippen LogP contribution in [0, 0.1) is 5.92 Å². The first kappa shape index (κ1) is 11.9. The molecule has 2 heteroatoms. The third-order valence-corrected chi connectivity index (χ3v) is 3.96. The first-order valence-corrected chi connectivity index (χ1v) is 6.56. The van der Waals surface area contributed by atoms with Crippen molar-refractivity contribution in [3.8, 4) is 0 Å². The average molecular weight is 229 g/mol. The molecular weight excluding hydrogens is 212 g/mol. The van der Waals surface area contributed by atoms with E-state index in [4.69, 9.17) is 11.6 Å². The van der Waals surface area contributed by atoms with E-state index in [-0.39, 0.29) is 0 Å². The Labute approximate surface area is 96.0 Å². The molecule has 0 fully saturated rings. The number of hydrogen-bond donors (Lipinski definition) is 0. The van der Waals surface area contributed by atoms with Crippen LogP contribution in [-0.4, -0.2) is 5.75 Å². The maximum atomic E-state index is 5.72. The van der Waals surface area contributed by atoms with E-state index >= 15 is 0 Å². The van der Waals surface area contributed by atoms with Gasteiger partial charge in [-0.15, -0.1) is 23.4 Å². The van der Waals surface area contributed by atoms with Crippen LogP contribution in [0.5, 0.6) is 0 Å². The molecule has 0 saturated carbocycles. The number of benzene rings is 1. The fourth-order valence-electron chi connectivity index (χ4n) is 1.03. The lowest BCUT2D eigenvalue weighted by molar-refractivity contribution is 0.637. The lowest BCUT2D eigenvalue weighted by Crippen LogP contribution is -1.94. The highest BCUT2D eigenvalue weighted by atomic mass is 35.5. The number of rotatable bonds is 5. The minimum atomic E-state index is 0.607. The summed E-state index contributed by atoms with van der Waals surface area (Å²) in [6.45, 7) is 4.53. The van der Waals surface area contributed by atoms with Crippen LogP contribution in [0.3, 0.4) is 0 Å². The molecule has 78 valence electrons. The van der Waals surface area contributed by atoms with Crippen LogP contribution in [0.15, 0.2) is 29.2 Å². The molecule has 0 saturated heterocycles. The van der Waals surface area contributed by atoms with Gasteiger partial charge in [0, 0.05) is 16.5 Å². The minimum absolute atomic E-state index is 0.607. The second-order valence-electron chi connectivity index (χ2n) is 3.60. The van der Waals surface area contributed by atoms with Gasteiger partial charge in [-0.2, -0.15) is 0 Å². The molecule has 0 N–H and O–H groups in total. The average Bonchev–Trinajstić information content (AvgIpc) is 2.26. The molecule has 1 aromatic carbocycles. The van der Waals surface area contributed by atoms with Crippen molar-refractivity contribution in [2.75, 3.05) is 5.75 Å². The van der Waals surface area contributed by atoms with Gasteiger partial charge in [-0.1, -0.05) is 32.4 Å². The zero-order chi connectivity index (χ0) is 10.4. The number of thioether (sulfide) groups is 1. The number of halogens is 1. The summed E-state index contributed by atoms with van der Waals surface area (Å²) in [6.07, 6.45) is 1.26. The van der Waals surface area contributed by atoms with E-state index in [0.717, 1.165) is 5.92 Å². The Morgan fingerprint density at radius 1 is 1.29 bits per heavy atom. The molecule has 1 unspecified atom stereocenters. The van der Waals surface area contributed by atoms with Crippen LogP contribution in [0.2, 0.25) is 0 Å². The Balaban J connectivity index is 2.43. The quantitative estimate of drug-likeness (QED) is 0.526. The summed E-state index contributed by atoms with van der Waals surface area (Å²) in [5, 5.41) is 0. The predicted octanol–water partition coefficient (Wildman–Crippen LogP) is 4.56. The van der Waals surface area contributed by atoms with Crippen LogP contribution >= 0.6 is 23.4 Å². The molecule has 1 atom stereocenters. The Kier molecular flexibility index (Phi) is 5.42. The second-order valence-corrected chi connectivity index (χ2v) is 4.96. The van der Waals surface area contributed by atoms with Gasteiger partial charge in [0.15, 0.2) is 0 Å². The van der Waals surface area contributed by atoms with E-state index in [1.54, 1.807) is 0 Å². The first-order valence-electron chi connectivity index (χ1n) is 5.04. The van der Waals surface area contributed by atoms with Crippen molar-refractivity contribution in [3.63, 3.8) is 0 Å². The molecule has 0 aliphatic heterocycles. The van der Waals surface area contributed by atoms with Crippen LogP contribution in [0.25, 0.3) is 0 Å². The standard InChI is InChI=1S/C12H17ClS/c1-3-10(2)9-14-12-6-4-11(8-13)5-7-12/h4-7,10H,3,8-9H2,1-2H3. The molecule has 1 aromatic rings. The van der Waals surface area contributed by atoms with Crippen molar-refractivity contribution in [1.29, 1.82) is 0 Å². The van der Waals surface area contributed by atoms with Gasteiger partial charge in [-0.05, 0) is 23.6 Å². The lowest BCUT2D eigenvalue weighted by Gasteiger charge is -2.07. The van der Waals surface area contributed by atoms with Crippen molar-refractivity contribution in [2.45, 2.75) is 31.0 Å². The highest BCUT2D eigenvalue weighted by Gasteiger charge is 2.00. The summed E-state index contributed by atoms with van der Waals surface area (Å²) >= 11 is 7.65.